The molecule has 0 radical (unpaired) electrons. The molecule has 0 unspecified atom stereocenters. The smallest absolute Gasteiger partial charge is 0.00205 e. The lowest BCUT2D eigenvalue weighted by atomic mass is 9.80. The summed E-state index contributed by atoms with van der Waals surface area (Å²) in [6, 6.07) is 0. The van der Waals surface area contributed by atoms with Gasteiger partial charge in [-0.15, -0.1) is 0 Å². The van der Waals surface area contributed by atoms with Crippen LogP contribution in [0.15, 0.2) is 0 Å². The summed E-state index contributed by atoms with van der Waals surface area (Å²) < 4.78 is 0. The summed E-state index contributed by atoms with van der Waals surface area (Å²) in [6.45, 7) is 0.944. The van der Waals surface area contributed by atoms with Crippen molar-refractivity contribution in [1.29, 1.82) is 0 Å². The fraction of sp³-hybridized carbons (Fsp3) is 1.00. The Balaban J connectivity index is 1.65. The zero-order valence-electron chi connectivity index (χ0n) is 7.31. The van der Waals surface area contributed by atoms with Gasteiger partial charge >= 0.3 is 0 Å². The Morgan fingerprint density at radius 3 is 2.36 bits per heavy atom. The second-order valence-corrected chi connectivity index (χ2v) is 4.54. The van der Waals surface area contributed by atoms with Crippen LogP contribution < -0.4 is 5.73 Å². The molecule has 0 aromatic carbocycles. The first-order chi connectivity index (χ1) is 5.35. The van der Waals surface area contributed by atoms with Crippen molar-refractivity contribution in [1.82, 2.24) is 0 Å². The molecule has 0 heterocycles. The largest absolute Gasteiger partial charge is 0.330 e. The lowest BCUT2D eigenvalue weighted by Gasteiger charge is -2.26. The molecule has 11 heavy (non-hydrogen) atoms. The molecule has 0 atom stereocenters. The highest BCUT2D eigenvalue weighted by Crippen LogP contribution is 2.50. The molecule has 1 nitrogen and oxygen atoms in total. The van der Waals surface area contributed by atoms with Gasteiger partial charge in [-0.05, 0) is 43.6 Å². The van der Waals surface area contributed by atoms with Crippen LogP contribution >= 0.6 is 0 Å². The van der Waals surface area contributed by atoms with Gasteiger partial charge in [0.2, 0.25) is 0 Å². The van der Waals surface area contributed by atoms with Gasteiger partial charge in [-0.2, -0.15) is 0 Å². The SMILES string of the molecule is NCC1(CCC2CCC2)CC1. The van der Waals surface area contributed by atoms with Gasteiger partial charge in [-0.25, -0.2) is 0 Å². The maximum absolute atomic E-state index is 5.71. The Bertz CT molecular complexity index is 134. The molecule has 0 aromatic rings. The molecule has 0 aliphatic heterocycles. The van der Waals surface area contributed by atoms with Gasteiger partial charge in [0, 0.05) is 0 Å². The fourth-order valence-electron chi connectivity index (χ4n) is 2.02. The third kappa shape index (κ3) is 1.58. The second kappa shape index (κ2) is 2.78. The van der Waals surface area contributed by atoms with Crippen LogP contribution in [0.2, 0.25) is 0 Å². The molecule has 0 aromatic heterocycles. The van der Waals surface area contributed by atoms with Crippen LogP contribution in [-0.4, -0.2) is 6.54 Å². The summed E-state index contributed by atoms with van der Waals surface area (Å²) in [7, 11) is 0. The fourth-order valence-corrected chi connectivity index (χ4v) is 2.02. The van der Waals surface area contributed by atoms with E-state index in [1.807, 2.05) is 0 Å². The van der Waals surface area contributed by atoms with Crippen LogP contribution in [0, 0.1) is 11.3 Å². The third-order valence-electron chi connectivity index (χ3n) is 3.70. The van der Waals surface area contributed by atoms with Crippen LogP contribution in [0.4, 0.5) is 0 Å². The number of nitrogens with two attached hydrogens (primary N) is 1. The topological polar surface area (TPSA) is 26.0 Å². The Morgan fingerprint density at radius 2 is 2.00 bits per heavy atom. The molecule has 2 aliphatic rings. The number of rotatable bonds is 4. The van der Waals surface area contributed by atoms with Crippen LogP contribution in [0.3, 0.4) is 0 Å². The molecule has 2 rings (SSSR count). The standard InChI is InChI=1S/C10H19N/c11-8-10(6-7-10)5-4-9-2-1-3-9/h9H,1-8,11H2. The van der Waals surface area contributed by atoms with E-state index in [0.29, 0.717) is 5.41 Å². The zero-order valence-corrected chi connectivity index (χ0v) is 7.31. The van der Waals surface area contributed by atoms with E-state index in [1.54, 1.807) is 0 Å². The van der Waals surface area contributed by atoms with E-state index in [0.717, 1.165) is 12.5 Å². The molecule has 2 N–H and O–H groups in total. The highest BCUT2D eigenvalue weighted by atomic mass is 14.6. The summed E-state index contributed by atoms with van der Waals surface area (Å²) >= 11 is 0. The summed E-state index contributed by atoms with van der Waals surface area (Å²) in [5, 5.41) is 0. The molecule has 1 heteroatoms. The summed E-state index contributed by atoms with van der Waals surface area (Å²) in [5.74, 6) is 1.08. The highest BCUT2D eigenvalue weighted by molar-refractivity contribution is 4.94. The Morgan fingerprint density at radius 1 is 1.27 bits per heavy atom. The molecule has 64 valence electrons. The van der Waals surface area contributed by atoms with E-state index < -0.39 is 0 Å². The average molecular weight is 153 g/mol. The zero-order chi connectivity index (χ0) is 7.73. The Hall–Kier alpha value is -0.0400. The predicted octanol–water partition coefficient (Wildman–Crippen LogP) is 2.31. The first kappa shape index (κ1) is 7.60. The van der Waals surface area contributed by atoms with E-state index >= 15 is 0 Å². The molecule has 0 amide bonds. The molecule has 2 aliphatic carbocycles. The van der Waals surface area contributed by atoms with Crippen LogP contribution in [-0.2, 0) is 0 Å². The first-order valence-corrected chi connectivity index (χ1v) is 5.05. The van der Waals surface area contributed by atoms with Crippen molar-refractivity contribution in [2.75, 3.05) is 6.54 Å². The number of hydrogen-bond donors (Lipinski definition) is 1. The van der Waals surface area contributed by atoms with Gasteiger partial charge in [0.05, 0.1) is 0 Å². The van der Waals surface area contributed by atoms with Crippen molar-refractivity contribution in [2.45, 2.75) is 44.9 Å². The summed E-state index contributed by atoms with van der Waals surface area (Å²) in [6.07, 6.45) is 10.2. The second-order valence-electron chi connectivity index (χ2n) is 4.54. The predicted molar refractivity (Wildman–Crippen MR) is 47.3 cm³/mol. The quantitative estimate of drug-likeness (QED) is 0.659. The minimum absolute atomic E-state index is 0.635. The highest BCUT2D eigenvalue weighted by Gasteiger charge is 2.41. The van der Waals surface area contributed by atoms with Gasteiger partial charge in [0.25, 0.3) is 0 Å². The Kier molecular flexibility index (Phi) is 1.92. The molecular formula is C10H19N. The minimum Gasteiger partial charge on any atom is -0.330 e. The molecule has 0 bridgehead atoms. The normalized spacial score (nSPS) is 28.1. The summed E-state index contributed by atoms with van der Waals surface area (Å²) in [5.41, 5.74) is 6.35. The molecule has 2 fully saturated rings. The van der Waals surface area contributed by atoms with E-state index in [-0.39, 0.29) is 0 Å². The van der Waals surface area contributed by atoms with Crippen molar-refractivity contribution >= 4 is 0 Å². The van der Waals surface area contributed by atoms with Gasteiger partial charge < -0.3 is 5.73 Å². The van der Waals surface area contributed by atoms with Crippen molar-refractivity contribution in [3.63, 3.8) is 0 Å². The maximum atomic E-state index is 5.71. The van der Waals surface area contributed by atoms with Crippen molar-refractivity contribution in [3.8, 4) is 0 Å². The van der Waals surface area contributed by atoms with Crippen molar-refractivity contribution in [3.05, 3.63) is 0 Å². The van der Waals surface area contributed by atoms with E-state index in [9.17, 15) is 0 Å². The van der Waals surface area contributed by atoms with Crippen LogP contribution in [0.25, 0.3) is 0 Å². The molecular weight excluding hydrogens is 134 g/mol. The van der Waals surface area contributed by atoms with Crippen molar-refractivity contribution < 1.29 is 0 Å². The van der Waals surface area contributed by atoms with E-state index in [2.05, 4.69) is 0 Å². The van der Waals surface area contributed by atoms with Gasteiger partial charge in [-0.1, -0.05) is 19.3 Å². The minimum atomic E-state index is 0.635. The third-order valence-corrected chi connectivity index (χ3v) is 3.70. The monoisotopic (exact) mass is 153 g/mol. The van der Waals surface area contributed by atoms with Gasteiger partial charge in [-0.3, -0.25) is 0 Å². The number of hydrogen-bond acceptors (Lipinski definition) is 1. The average Bonchev–Trinajstić information content (AvgIpc) is 2.66. The van der Waals surface area contributed by atoms with Crippen LogP contribution in [0.1, 0.15) is 44.9 Å². The Labute approximate surface area is 69.4 Å². The van der Waals surface area contributed by atoms with Gasteiger partial charge in [0.15, 0.2) is 0 Å². The van der Waals surface area contributed by atoms with E-state index in [4.69, 9.17) is 5.73 Å². The van der Waals surface area contributed by atoms with E-state index in [1.165, 1.54) is 44.9 Å². The maximum Gasteiger partial charge on any atom is -0.00205 e. The lowest BCUT2D eigenvalue weighted by Crippen LogP contribution is -2.18. The van der Waals surface area contributed by atoms with Gasteiger partial charge in [0.1, 0.15) is 0 Å². The van der Waals surface area contributed by atoms with Crippen molar-refractivity contribution in [2.24, 2.45) is 17.1 Å². The first-order valence-electron chi connectivity index (χ1n) is 5.05. The molecule has 0 spiro atoms. The van der Waals surface area contributed by atoms with Crippen LogP contribution in [0.5, 0.6) is 0 Å². The molecule has 2 saturated carbocycles. The molecule has 0 saturated heterocycles. The summed E-state index contributed by atoms with van der Waals surface area (Å²) in [4.78, 5) is 0. The lowest BCUT2D eigenvalue weighted by molar-refractivity contribution is 0.265.